The number of hydrogen-bond donors (Lipinski definition) is 0. The molecule has 0 aliphatic heterocycles. The maximum absolute atomic E-state index is 9.33. The van der Waals surface area contributed by atoms with Crippen LogP contribution >= 0.6 is 7.26 Å². The molecule has 0 amide bonds. The smallest absolute Gasteiger partial charge is 0.116 e. The quantitative estimate of drug-likeness (QED) is 0.302. The van der Waals surface area contributed by atoms with Gasteiger partial charge in [0.15, 0.2) is 0 Å². The molecule has 0 aromatic heterocycles. The van der Waals surface area contributed by atoms with Gasteiger partial charge in [0.25, 0.3) is 0 Å². The van der Waals surface area contributed by atoms with Crippen molar-refractivity contribution in [2.24, 2.45) is 0 Å². The van der Waals surface area contributed by atoms with E-state index >= 15 is 0 Å². The van der Waals surface area contributed by atoms with Crippen LogP contribution in [-0.2, 0) is 10.1 Å². The summed E-state index contributed by atoms with van der Waals surface area (Å²) in [5, 5.41) is 0.354. The van der Waals surface area contributed by atoms with E-state index in [9.17, 15) is 13.0 Å². The van der Waals surface area contributed by atoms with Crippen molar-refractivity contribution < 1.29 is 13.0 Å². The molecular weight excluding hydrogens is 327 g/mol. The Kier molecular flexibility index (Phi) is 17.2. The van der Waals surface area contributed by atoms with Crippen molar-refractivity contribution in [3.8, 4) is 0 Å². The fourth-order valence-corrected chi connectivity index (χ4v) is 7.93. The van der Waals surface area contributed by atoms with Crippen LogP contribution in [0.4, 0.5) is 0 Å². The van der Waals surface area contributed by atoms with Gasteiger partial charge in [-0.05, 0) is 25.7 Å². The van der Waals surface area contributed by atoms with Crippen LogP contribution in [0.3, 0.4) is 0 Å². The van der Waals surface area contributed by atoms with Crippen molar-refractivity contribution in [3.05, 3.63) is 12.0 Å². The first-order valence-electron chi connectivity index (χ1n) is 9.24. The minimum atomic E-state index is -4.15. The van der Waals surface area contributed by atoms with E-state index in [1.54, 1.807) is 24.6 Å². The third-order valence-electron chi connectivity index (χ3n) is 4.15. The lowest BCUT2D eigenvalue weighted by molar-refractivity contribution is 0.474. The molecule has 0 unspecified atom stereocenters. The highest BCUT2D eigenvalue weighted by molar-refractivity contribution is 7.88. The first-order chi connectivity index (χ1) is 10.8. The van der Waals surface area contributed by atoms with Gasteiger partial charge < -0.3 is 4.55 Å². The van der Waals surface area contributed by atoms with Gasteiger partial charge in [-0.2, -0.15) is 0 Å². The molecule has 0 bridgehead atoms. The third kappa shape index (κ3) is 16.7. The first-order valence-corrected chi connectivity index (χ1v) is 13.2. The van der Waals surface area contributed by atoms with E-state index in [4.69, 9.17) is 0 Å². The highest BCUT2D eigenvalue weighted by Crippen LogP contribution is 2.61. The Balaban J connectivity index is 0. The molecule has 0 atom stereocenters. The zero-order chi connectivity index (χ0) is 18.2. The van der Waals surface area contributed by atoms with Gasteiger partial charge in [-0.25, -0.2) is 8.42 Å². The molecule has 0 aromatic rings. The van der Waals surface area contributed by atoms with E-state index in [1.165, 1.54) is 51.4 Å². The van der Waals surface area contributed by atoms with Crippen LogP contribution in [0.1, 0.15) is 79.1 Å². The second-order valence-corrected chi connectivity index (χ2v) is 12.1. The summed E-state index contributed by atoms with van der Waals surface area (Å²) >= 11 is 0. The standard InChI is InChI=1S/C16H36P.C2H4O3S/c1-5-9-13-17(14-10-6-2,15-11-7-3)16-12-8-4;1-2-6(3,4)5/h5-16H2,1-4H3;2H,1H2,(H,3,4,5)/q+1;/p-1. The number of hydrogen-bond acceptors (Lipinski definition) is 3. The fraction of sp³-hybridized carbons (Fsp3) is 0.889. The Morgan fingerprint density at radius 2 is 1.00 bits per heavy atom. The van der Waals surface area contributed by atoms with Gasteiger partial charge in [0.2, 0.25) is 0 Å². The van der Waals surface area contributed by atoms with Crippen LogP contribution < -0.4 is 0 Å². The molecule has 0 aromatic carbocycles. The Morgan fingerprint density at radius 3 is 1.13 bits per heavy atom. The van der Waals surface area contributed by atoms with Gasteiger partial charge in [-0.3, -0.25) is 0 Å². The highest BCUT2D eigenvalue weighted by Gasteiger charge is 2.34. The van der Waals surface area contributed by atoms with E-state index in [1.807, 2.05) is 0 Å². The van der Waals surface area contributed by atoms with E-state index in [0.29, 0.717) is 5.41 Å². The van der Waals surface area contributed by atoms with E-state index < -0.39 is 17.4 Å². The minimum Gasteiger partial charge on any atom is -0.745 e. The summed E-state index contributed by atoms with van der Waals surface area (Å²) in [7, 11) is -4.71. The number of unbranched alkanes of at least 4 members (excludes halogenated alkanes) is 4. The molecule has 0 aliphatic carbocycles. The van der Waals surface area contributed by atoms with Crippen molar-refractivity contribution in [1.29, 1.82) is 0 Å². The Labute approximate surface area is 146 Å². The number of rotatable bonds is 13. The van der Waals surface area contributed by atoms with E-state index in [-0.39, 0.29) is 0 Å². The summed E-state index contributed by atoms with van der Waals surface area (Å²) in [5.74, 6) is 0. The van der Waals surface area contributed by atoms with Gasteiger partial charge in [-0.15, -0.1) is 0 Å². The summed E-state index contributed by atoms with van der Waals surface area (Å²) in [6.45, 7) is 12.2. The van der Waals surface area contributed by atoms with Crippen molar-refractivity contribution >= 4 is 17.4 Å². The summed E-state index contributed by atoms with van der Waals surface area (Å²) < 4.78 is 28.0. The molecule has 0 radical (unpaired) electrons. The van der Waals surface area contributed by atoms with Crippen molar-refractivity contribution in [3.63, 3.8) is 0 Å². The molecule has 0 heterocycles. The lowest BCUT2D eigenvalue weighted by atomic mass is 10.4. The van der Waals surface area contributed by atoms with Crippen LogP contribution in [0, 0.1) is 0 Å². The molecule has 0 fully saturated rings. The van der Waals surface area contributed by atoms with Crippen LogP contribution in [-0.4, -0.2) is 37.6 Å². The third-order valence-corrected chi connectivity index (χ3v) is 9.62. The molecule has 0 spiro atoms. The highest BCUT2D eigenvalue weighted by atomic mass is 32.2. The molecular formula is C18H39O3PS. The summed E-state index contributed by atoms with van der Waals surface area (Å²) in [5.41, 5.74) is 0. The molecule has 0 saturated heterocycles. The second-order valence-electron chi connectivity index (χ2n) is 6.31. The van der Waals surface area contributed by atoms with Gasteiger partial charge in [0, 0.05) is 12.7 Å². The van der Waals surface area contributed by atoms with Crippen LogP contribution in [0.5, 0.6) is 0 Å². The average Bonchev–Trinajstić information content (AvgIpc) is 2.53. The predicted octanol–water partition coefficient (Wildman–Crippen LogP) is 5.88. The first kappa shape index (κ1) is 25.3. The van der Waals surface area contributed by atoms with E-state index in [0.717, 1.165) is 0 Å². The Hall–Kier alpha value is 0.0800. The maximum atomic E-state index is 9.33. The van der Waals surface area contributed by atoms with Gasteiger partial charge in [-0.1, -0.05) is 60.0 Å². The van der Waals surface area contributed by atoms with E-state index in [2.05, 4.69) is 34.3 Å². The summed E-state index contributed by atoms with van der Waals surface area (Å²) in [6, 6.07) is 0. The Bertz CT molecular complexity index is 317. The lowest BCUT2D eigenvalue weighted by Crippen LogP contribution is -2.12. The van der Waals surface area contributed by atoms with Crippen LogP contribution in [0.25, 0.3) is 0 Å². The molecule has 23 heavy (non-hydrogen) atoms. The zero-order valence-corrected chi connectivity index (χ0v) is 17.6. The van der Waals surface area contributed by atoms with Gasteiger partial charge >= 0.3 is 0 Å². The maximum Gasteiger partial charge on any atom is 0.116 e. The van der Waals surface area contributed by atoms with Crippen molar-refractivity contribution in [1.82, 2.24) is 0 Å². The molecule has 0 aliphatic rings. The zero-order valence-electron chi connectivity index (χ0n) is 15.8. The molecule has 0 N–H and O–H groups in total. The summed E-state index contributed by atoms with van der Waals surface area (Å²) in [6.07, 6.45) is 17.9. The van der Waals surface area contributed by atoms with Gasteiger partial charge in [0.05, 0.1) is 24.6 Å². The lowest BCUT2D eigenvalue weighted by Gasteiger charge is -2.28. The molecule has 3 nitrogen and oxygen atoms in total. The molecule has 140 valence electrons. The topological polar surface area (TPSA) is 57.2 Å². The van der Waals surface area contributed by atoms with Gasteiger partial charge in [0.1, 0.15) is 10.1 Å². The van der Waals surface area contributed by atoms with Crippen LogP contribution in [0.2, 0.25) is 0 Å². The predicted molar refractivity (Wildman–Crippen MR) is 106 cm³/mol. The molecule has 0 saturated carbocycles. The van der Waals surface area contributed by atoms with Crippen molar-refractivity contribution in [2.75, 3.05) is 24.6 Å². The minimum absolute atomic E-state index is 0.354. The summed E-state index contributed by atoms with van der Waals surface area (Å²) in [4.78, 5) is 0. The largest absolute Gasteiger partial charge is 0.745 e. The fourth-order valence-electron chi connectivity index (χ4n) is 2.64. The molecule has 0 rings (SSSR count). The Morgan fingerprint density at radius 1 is 0.783 bits per heavy atom. The average molecular weight is 367 g/mol. The monoisotopic (exact) mass is 366 g/mol. The molecule has 5 heteroatoms. The second kappa shape index (κ2) is 15.6. The SMILES string of the molecule is C=CS(=O)(=O)[O-].CCCC[P+](CCCC)(CCCC)CCCC. The van der Waals surface area contributed by atoms with Crippen molar-refractivity contribution in [2.45, 2.75) is 79.1 Å². The van der Waals surface area contributed by atoms with Crippen LogP contribution in [0.15, 0.2) is 12.0 Å². The normalized spacial score (nSPS) is 11.7.